The molecule has 0 radical (unpaired) electrons. The molecule has 0 bridgehead atoms. The number of hydrogen-bond donors (Lipinski definition) is 0. The molecule has 0 amide bonds. The Morgan fingerprint density at radius 1 is 1.16 bits per heavy atom. The summed E-state index contributed by atoms with van der Waals surface area (Å²) in [5.41, 5.74) is -2.74. The van der Waals surface area contributed by atoms with Crippen LogP contribution in [0.1, 0.15) is 59.1 Å². The molecule has 3 heterocycles. The van der Waals surface area contributed by atoms with E-state index in [9.17, 15) is 19.2 Å². The van der Waals surface area contributed by atoms with Crippen LogP contribution < -0.4 is 0 Å². The number of carbonyl (C=O) groups excluding carboxylic acids is 4. The number of ketones is 1. The molecule has 1 saturated carbocycles. The van der Waals surface area contributed by atoms with Crippen molar-refractivity contribution in [2.45, 2.75) is 65.3 Å². The molecule has 1 aromatic heterocycles. The Morgan fingerprint density at radius 3 is 2.45 bits per heavy atom. The van der Waals surface area contributed by atoms with E-state index in [4.69, 9.17) is 23.4 Å². The molecule has 3 fully saturated rings. The van der Waals surface area contributed by atoms with Gasteiger partial charge in [-0.3, -0.25) is 9.59 Å². The fourth-order valence-corrected chi connectivity index (χ4v) is 7.86. The summed E-state index contributed by atoms with van der Waals surface area (Å²) in [5, 5.41) is 0. The van der Waals surface area contributed by atoms with Crippen molar-refractivity contribution in [3.05, 3.63) is 59.8 Å². The lowest BCUT2D eigenvalue weighted by Gasteiger charge is -2.62. The van der Waals surface area contributed by atoms with E-state index >= 15 is 0 Å². The number of fused-ring (bicyclic) bond motifs is 1. The normalized spacial score (nSPS) is 39.6. The van der Waals surface area contributed by atoms with Gasteiger partial charge in [0.1, 0.15) is 11.7 Å². The second kappa shape index (κ2) is 8.27. The molecule has 0 aromatic carbocycles. The number of carbonyl (C=O) groups is 4. The van der Waals surface area contributed by atoms with Crippen molar-refractivity contribution in [3.8, 4) is 0 Å². The van der Waals surface area contributed by atoms with E-state index in [-0.39, 0.29) is 5.76 Å². The predicted octanol–water partition coefficient (Wildman–Crippen LogP) is 4.15. The standard InChI is InChI=1S/C29H32O9/c1-15(2)20-21(36-16(3)30)22(32)28(6)18(26(20,4)11-9-19(31)34-7)8-12-27(5)23(17-10-13-35-14-17)37-25(33)24-29(27,28)38-24/h9-11,13-14,18,23-24H,1,8,12H2,2-7H3/b11-9-/t18-,23+,24-,26-,27+,28+,29-/m1/s1. The molecule has 9 heteroatoms. The van der Waals surface area contributed by atoms with Gasteiger partial charge < -0.3 is 23.4 Å². The Morgan fingerprint density at radius 2 is 1.87 bits per heavy atom. The van der Waals surface area contributed by atoms with Crippen LogP contribution in [-0.4, -0.2) is 42.5 Å². The highest BCUT2D eigenvalue weighted by Gasteiger charge is 2.88. The van der Waals surface area contributed by atoms with Crippen LogP contribution in [0.2, 0.25) is 0 Å². The SMILES string of the molecule is C=C(C)C1=C(OC(C)=O)C(=O)[C@]2(C)[C@H](CC[C@@]3(C)[C@H](c4ccoc4)OC(=O)[C@H]4O[C@]432)[C@@]1(C)/C=C\C(=O)OC. The zero-order valence-electron chi connectivity index (χ0n) is 22.4. The first-order valence-electron chi connectivity index (χ1n) is 12.6. The van der Waals surface area contributed by atoms with Crippen LogP contribution in [0.15, 0.2) is 58.6 Å². The Bertz CT molecular complexity index is 1320. The van der Waals surface area contributed by atoms with E-state index in [0.29, 0.717) is 29.6 Å². The zero-order chi connectivity index (χ0) is 27.8. The number of hydrogen-bond acceptors (Lipinski definition) is 9. The van der Waals surface area contributed by atoms with Gasteiger partial charge in [-0.2, -0.15) is 0 Å². The van der Waals surface area contributed by atoms with Gasteiger partial charge in [0.2, 0.25) is 5.78 Å². The Labute approximate surface area is 220 Å². The second-order valence-electron chi connectivity index (χ2n) is 11.4. The van der Waals surface area contributed by atoms with Crippen LogP contribution in [0, 0.1) is 22.2 Å². The summed E-state index contributed by atoms with van der Waals surface area (Å²) in [4.78, 5) is 52.3. The maximum atomic E-state index is 14.6. The first-order chi connectivity index (χ1) is 17.8. The summed E-state index contributed by atoms with van der Waals surface area (Å²) in [7, 11) is 1.28. The van der Waals surface area contributed by atoms with E-state index in [1.165, 1.54) is 32.6 Å². The van der Waals surface area contributed by atoms with E-state index in [2.05, 4.69) is 6.58 Å². The maximum Gasteiger partial charge on any atom is 0.339 e. The number of esters is 3. The van der Waals surface area contributed by atoms with Crippen LogP contribution in [0.3, 0.4) is 0 Å². The summed E-state index contributed by atoms with van der Waals surface area (Å²) in [6.07, 6.45) is 5.43. The number of allylic oxidation sites excluding steroid dienone is 4. The van der Waals surface area contributed by atoms with Crippen molar-refractivity contribution < 1.29 is 42.5 Å². The lowest BCUT2D eigenvalue weighted by molar-refractivity contribution is -0.196. The summed E-state index contributed by atoms with van der Waals surface area (Å²) < 4.78 is 28.0. The molecule has 1 spiro atoms. The number of rotatable bonds is 5. The van der Waals surface area contributed by atoms with Crippen molar-refractivity contribution in [2.24, 2.45) is 22.2 Å². The average molecular weight is 525 g/mol. The minimum Gasteiger partial charge on any atom is -0.472 e. The summed E-state index contributed by atoms with van der Waals surface area (Å²) in [5.74, 6) is -2.82. The van der Waals surface area contributed by atoms with Gasteiger partial charge in [-0.25, -0.2) is 9.59 Å². The molecular weight excluding hydrogens is 492 g/mol. The van der Waals surface area contributed by atoms with Crippen LogP contribution in [-0.2, 0) is 38.1 Å². The lowest BCUT2D eigenvalue weighted by Crippen LogP contribution is -2.69. The second-order valence-corrected chi connectivity index (χ2v) is 11.4. The minimum absolute atomic E-state index is 0.146. The van der Waals surface area contributed by atoms with Gasteiger partial charge in [-0.05, 0) is 38.7 Å². The first kappa shape index (κ1) is 26.2. The molecule has 1 aromatic rings. The molecule has 38 heavy (non-hydrogen) atoms. The molecule has 4 aliphatic rings. The molecule has 2 aliphatic heterocycles. The first-order valence-corrected chi connectivity index (χ1v) is 12.6. The van der Waals surface area contributed by atoms with Gasteiger partial charge in [0, 0.05) is 35.0 Å². The molecule has 5 rings (SSSR count). The minimum atomic E-state index is -1.33. The zero-order valence-corrected chi connectivity index (χ0v) is 22.4. The quantitative estimate of drug-likeness (QED) is 0.242. The van der Waals surface area contributed by atoms with E-state index < -0.39 is 63.7 Å². The number of Topliss-reactive ketones (excluding diaryl/α,β-unsaturated/α-hetero) is 1. The number of epoxide rings is 1. The summed E-state index contributed by atoms with van der Waals surface area (Å²) >= 11 is 0. The molecule has 0 N–H and O–H groups in total. The molecule has 0 unspecified atom stereocenters. The Kier molecular flexibility index (Phi) is 5.69. The molecule has 2 saturated heterocycles. The van der Waals surface area contributed by atoms with Crippen molar-refractivity contribution in [1.82, 2.24) is 0 Å². The lowest BCUT2D eigenvalue weighted by atomic mass is 9.40. The number of methoxy groups -OCH3 is 1. The number of cyclic esters (lactones) is 1. The molecule has 202 valence electrons. The highest BCUT2D eigenvalue weighted by atomic mass is 16.7. The fourth-order valence-electron chi connectivity index (χ4n) is 7.86. The van der Waals surface area contributed by atoms with Crippen LogP contribution >= 0.6 is 0 Å². The van der Waals surface area contributed by atoms with Crippen LogP contribution in [0.4, 0.5) is 0 Å². The molecule has 7 atom stereocenters. The van der Waals surface area contributed by atoms with Gasteiger partial charge >= 0.3 is 17.9 Å². The highest BCUT2D eigenvalue weighted by molar-refractivity contribution is 6.05. The largest absolute Gasteiger partial charge is 0.472 e. The number of furan rings is 1. The van der Waals surface area contributed by atoms with Crippen molar-refractivity contribution in [2.75, 3.05) is 7.11 Å². The maximum absolute atomic E-state index is 14.6. The monoisotopic (exact) mass is 524 g/mol. The summed E-state index contributed by atoms with van der Waals surface area (Å²) in [6.45, 7) is 12.7. The Hall–Kier alpha value is -3.46. The smallest absolute Gasteiger partial charge is 0.339 e. The average Bonchev–Trinajstić information content (AvgIpc) is 3.42. The van der Waals surface area contributed by atoms with E-state index in [0.717, 1.165) is 0 Å². The number of ether oxygens (including phenoxy) is 4. The molecule has 2 aliphatic carbocycles. The van der Waals surface area contributed by atoms with Crippen molar-refractivity contribution in [1.29, 1.82) is 0 Å². The van der Waals surface area contributed by atoms with E-state index in [1.54, 1.807) is 26.0 Å². The van der Waals surface area contributed by atoms with Gasteiger partial charge in [-0.1, -0.05) is 32.1 Å². The van der Waals surface area contributed by atoms with Gasteiger partial charge in [0.05, 0.1) is 25.1 Å². The predicted molar refractivity (Wildman–Crippen MR) is 132 cm³/mol. The summed E-state index contributed by atoms with van der Waals surface area (Å²) in [6, 6.07) is 1.74. The van der Waals surface area contributed by atoms with Crippen LogP contribution in [0.5, 0.6) is 0 Å². The van der Waals surface area contributed by atoms with E-state index in [1.807, 2.05) is 13.8 Å². The van der Waals surface area contributed by atoms with Crippen molar-refractivity contribution in [3.63, 3.8) is 0 Å². The fraction of sp³-hybridized carbons (Fsp3) is 0.517. The third-order valence-corrected chi connectivity index (χ3v) is 9.36. The molecule has 9 nitrogen and oxygen atoms in total. The topological polar surface area (TPSA) is 122 Å². The third-order valence-electron chi connectivity index (χ3n) is 9.36. The third kappa shape index (κ3) is 3.08. The molecular formula is C29H32O9. The van der Waals surface area contributed by atoms with Gasteiger partial charge in [0.15, 0.2) is 11.9 Å². The van der Waals surface area contributed by atoms with Crippen molar-refractivity contribution >= 4 is 23.7 Å². The van der Waals surface area contributed by atoms with Gasteiger partial charge in [-0.15, -0.1) is 0 Å². The van der Waals surface area contributed by atoms with Crippen LogP contribution in [0.25, 0.3) is 0 Å². The van der Waals surface area contributed by atoms with Gasteiger partial charge in [0.25, 0.3) is 0 Å². The highest BCUT2D eigenvalue weighted by Crippen LogP contribution is 2.78. The Balaban J connectivity index is 1.78.